The summed E-state index contributed by atoms with van der Waals surface area (Å²) in [5.74, 6) is 1.34. The highest BCUT2D eigenvalue weighted by atomic mass is 16.3. The highest BCUT2D eigenvalue weighted by Crippen LogP contribution is 2.23. The Bertz CT molecular complexity index is 1150. The molecule has 0 fully saturated rings. The molecule has 0 spiro atoms. The van der Waals surface area contributed by atoms with Gasteiger partial charge in [0.05, 0.1) is 24.5 Å². The molecule has 4 rings (SSSR count). The van der Waals surface area contributed by atoms with Gasteiger partial charge in [-0.25, -0.2) is 0 Å². The minimum Gasteiger partial charge on any atom is -0.394 e. The Morgan fingerprint density at radius 1 is 1.03 bits per heavy atom. The molecule has 0 aliphatic rings. The fourth-order valence-electron chi connectivity index (χ4n) is 3.43. The third-order valence-corrected chi connectivity index (χ3v) is 5.41. The van der Waals surface area contributed by atoms with Crippen molar-refractivity contribution < 1.29 is 5.11 Å². The molecule has 0 aliphatic carbocycles. The van der Waals surface area contributed by atoms with Gasteiger partial charge in [0.1, 0.15) is 0 Å². The maximum Gasteiger partial charge on any atom is 0.229 e. The minimum atomic E-state index is -0.106. The van der Waals surface area contributed by atoms with Crippen LogP contribution in [0.1, 0.15) is 44.2 Å². The monoisotopic (exact) mass is 431 g/mol. The summed E-state index contributed by atoms with van der Waals surface area (Å²) in [5, 5.41) is 20.7. The van der Waals surface area contributed by atoms with Crippen molar-refractivity contribution in [3.8, 4) is 11.3 Å². The molecular formula is C24H29N7O. The second kappa shape index (κ2) is 9.74. The van der Waals surface area contributed by atoms with Gasteiger partial charge in [-0.05, 0) is 24.0 Å². The van der Waals surface area contributed by atoms with Gasteiger partial charge in [0.15, 0.2) is 5.65 Å². The summed E-state index contributed by atoms with van der Waals surface area (Å²) in [6.07, 6.45) is 4.47. The number of rotatable bonds is 9. The summed E-state index contributed by atoms with van der Waals surface area (Å²) in [5.41, 5.74) is 4.86. The van der Waals surface area contributed by atoms with E-state index < -0.39 is 0 Å². The van der Waals surface area contributed by atoms with Gasteiger partial charge in [0, 0.05) is 23.9 Å². The first kappa shape index (κ1) is 21.7. The molecule has 166 valence electrons. The van der Waals surface area contributed by atoms with Gasteiger partial charge in [-0.2, -0.15) is 19.6 Å². The van der Waals surface area contributed by atoms with Gasteiger partial charge >= 0.3 is 0 Å². The molecule has 8 nitrogen and oxygen atoms in total. The standard InChI is InChI=1S/C24H29N7O/c1-4-19(15-32)28-23-29-22-20(16(2)3)14-27-31(22)24(30-23)26-13-17-10-11-21(25-12-17)18-8-6-5-7-9-18/h5-12,14,16,19,32H,4,13,15H2,1-3H3,(H2,26,28,29,30). The smallest absolute Gasteiger partial charge is 0.229 e. The number of aromatic nitrogens is 5. The summed E-state index contributed by atoms with van der Waals surface area (Å²) in [6.45, 7) is 6.80. The Labute approximate surface area is 187 Å². The number of pyridine rings is 1. The highest BCUT2D eigenvalue weighted by molar-refractivity contribution is 5.59. The Morgan fingerprint density at radius 2 is 1.84 bits per heavy atom. The van der Waals surface area contributed by atoms with Crippen molar-refractivity contribution in [1.82, 2.24) is 24.6 Å². The first-order valence-electron chi connectivity index (χ1n) is 11.0. The average molecular weight is 432 g/mol. The molecule has 0 bridgehead atoms. The quantitative estimate of drug-likeness (QED) is 0.367. The summed E-state index contributed by atoms with van der Waals surface area (Å²) in [4.78, 5) is 13.9. The van der Waals surface area contributed by atoms with E-state index in [2.05, 4.69) is 50.6 Å². The second-order valence-electron chi connectivity index (χ2n) is 8.06. The topological polar surface area (TPSA) is 100 Å². The molecular weight excluding hydrogens is 402 g/mol. The van der Waals surface area contributed by atoms with Crippen LogP contribution in [0.2, 0.25) is 0 Å². The fraction of sp³-hybridized carbons (Fsp3) is 0.333. The highest BCUT2D eigenvalue weighted by Gasteiger charge is 2.16. The maximum absolute atomic E-state index is 9.57. The molecule has 1 atom stereocenters. The minimum absolute atomic E-state index is 0.0174. The molecule has 4 aromatic rings. The van der Waals surface area contributed by atoms with E-state index >= 15 is 0 Å². The maximum atomic E-state index is 9.57. The van der Waals surface area contributed by atoms with Crippen molar-refractivity contribution in [3.63, 3.8) is 0 Å². The number of benzene rings is 1. The van der Waals surface area contributed by atoms with Crippen molar-refractivity contribution >= 4 is 17.5 Å². The zero-order chi connectivity index (χ0) is 22.5. The van der Waals surface area contributed by atoms with Crippen LogP contribution in [0.25, 0.3) is 16.9 Å². The molecule has 3 heterocycles. The molecule has 32 heavy (non-hydrogen) atoms. The molecule has 0 aliphatic heterocycles. The molecule has 8 heteroatoms. The van der Waals surface area contributed by atoms with Crippen LogP contribution in [0.4, 0.5) is 11.9 Å². The van der Waals surface area contributed by atoms with Gasteiger partial charge in [-0.3, -0.25) is 4.98 Å². The third kappa shape index (κ3) is 4.70. The first-order chi connectivity index (χ1) is 15.6. The Hall–Kier alpha value is -3.52. The van der Waals surface area contributed by atoms with E-state index in [9.17, 15) is 5.11 Å². The molecule has 1 unspecified atom stereocenters. The van der Waals surface area contributed by atoms with E-state index in [4.69, 9.17) is 0 Å². The van der Waals surface area contributed by atoms with Crippen molar-refractivity contribution in [2.24, 2.45) is 0 Å². The summed E-state index contributed by atoms with van der Waals surface area (Å²) >= 11 is 0. The van der Waals surface area contributed by atoms with Crippen LogP contribution in [0.3, 0.4) is 0 Å². The summed E-state index contributed by atoms with van der Waals surface area (Å²) < 4.78 is 1.73. The zero-order valence-corrected chi connectivity index (χ0v) is 18.7. The lowest BCUT2D eigenvalue weighted by molar-refractivity contribution is 0.271. The molecule has 0 saturated carbocycles. The first-order valence-corrected chi connectivity index (χ1v) is 11.0. The lowest BCUT2D eigenvalue weighted by atomic mass is 10.1. The van der Waals surface area contributed by atoms with Gasteiger partial charge in [-0.15, -0.1) is 0 Å². The van der Waals surface area contributed by atoms with Crippen LogP contribution in [0.15, 0.2) is 54.9 Å². The van der Waals surface area contributed by atoms with Crippen molar-refractivity contribution in [1.29, 1.82) is 0 Å². The number of anilines is 2. The molecule has 0 saturated heterocycles. The van der Waals surface area contributed by atoms with E-state index in [-0.39, 0.29) is 18.6 Å². The van der Waals surface area contributed by atoms with E-state index in [0.29, 0.717) is 18.4 Å². The lowest BCUT2D eigenvalue weighted by Gasteiger charge is -2.16. The van der Waals surface area contributed by atoms with Gasteiger partial charge in [0.25, 0.3) is 0 Å². The van der Waals surface area contributed by atoms with Crippen molar-refractivity contribution in [2.45, 2.75) is 45.7 Å². The molecule has 3 N–H and O–H groups in total. The fourth-order valence-corrected chi connectivity index (χ4v) is 3.43. The largest absolute Gasteiger partial charge is 0.394 e. The number of aliphatic hydroxyl groups excluding tert-OH is 1. The van der Waals surface area contributed by atoms with Crippen molar-refractivity contribution in [2.75, 3.05) is 17.2 Å². The van der Waals surface area contributed by atoms with Crippen molar-refractivity contribution in [3.05, 3.63) is 66.0 Å². The van der Waals surface area contributed by atoms with Crippen LogP contribution in [-0.2, 0) is 6.54 Å². The predicted molar refractivity (Wildman–Crippen MR) is 127 cm³/mol. The van der Waals surface area contributed by atoms with Crippen LogP contribution >= 0.6 is 0 Å². The summed E-state index contributed by atoms with van der Waals surface area (Å²) in [6, 6.07) is 14.1. The SMILES string of the molecule is CCC(CO)Nc1nc(NCc2ccc(-c3ccccc3)nc2)n2ncc(C(C)C)c2n1. The number of hydrogen-bond acceptors (Lipinski definition) is 7. The van der Waals surface area contributed by atoms with Crippen LogP contribution in [0.5, 0.6) is 0 Å². The molecule has 0 amide bonds. The molecule has 0 radical (unpaired) electrons. The Morgan fingerprint density at radius 3 is 2.50 bits per heavy atom. The lowest BCUT2D eigenvalue weighted by Crippen LogP contribution is -2.24. The van der Waals surface area contributed by atoms with Gasteiger partial charge in [-0.1, -0.05) is 57.2 Å². The zero-order valence-electron chi connectivity index (χ0n) is 18.7. The van der Waals surface area contributed by atoms with Gasteiger partial charge in [0.2, 0.25) is 11.9 Å². The number of hydrogen-bond donors (Lipinski definition) is 3. The predicted octanol–water partition coefficient (Wildman–Crippen LogP) is 4.10. The molecule has 3 aromatic heterocycles. The second-order valence-corrected chi connectivity index (χ2v) is 8.06. The third-order valence-electron chi connectivity index (χ3n) is 5.41. The Kier molecular flexibility index (Phi) is 6.61. The summed E-state index contributed by atoms with van der Waals surface area (Å²) in [7, 11) is 0. The number of nitrogens with zero attached hydrogens (tertiary/aromatic N) is 5. The van der Waals surface area contributed by atoms with E-state index in [1.165, 1.54) is 0 Å². The Balaban J connectivity index is 1.58. The van der Waals surface area contributed by atoms with Gasteiger partial charge < -0.3 is 15.7 Å². The average Bonchev–Trinajstić information content (AvgIpc) is 3.26. The van der Waals surface area contributed by atoms with E-state index in [1.807, 2.05) is 55.7 Å². The van der Waals surface area contributed by atoms with Crippen LogP contribution in [0, 0.1) is 0 Å². The van der Waals surface area contributed by atoms with E-state index in [0.717, 1.165) is 34.5 Å². The number of fused-ring (bicyclic) bond motifs is 1. The normalized spacial score (nSPS) is 12.3. The number of nitrogens with one attached hydrogen (secondary N) is 2. The van der Waals surface area contributed by atoms with Crippen LogP contribution in [-0.4, -0.2) is 42.3 Å². The molecule has 1 aromatic carbocycles. The van der Waals surface area contributed by atoms with E-state index in [1.54, 1.807) is 4.52 Å². The van der Waals surface area contributed by atoms with Crippen LogP contribution < -0.4 is 10.6 Å². The number of aliphatic hydroxyl groups is 1.